The van der Waals surface area contributed by atoms with Crippen molar-refractivity contribution in [2.45, 2.75) is 97.0 Å². The number of fused-ring (bicyclic) bond motifs is 1. The minimum absolute atomic E-state index is 0.0427. The summed E-state index contributed by atoms with van der Waals surface area (Å²) in [6.07, 6.45) is 0.448. The van der Waals surface area contributed by atoms with Crippen LogP contribution in [0.5, 0.6) is 0 Å². The van der Waals surface area contributed by atoms with Gasteiger partial charge in [-0.1, -0.05) is 45.9 Å². The van der Waals surface area contributed by atoms with Crippen LogP contribution in [0.1, 0.15) is 95.0 Å². The molecular formula is C30H41F6N5O. The van der Waals surface area contributed by atoms with E-state index in [0.29, 0.717) is 32.2 Å². The highest BCUT2D eigenvalue weighted by atomic mass is 19.4. The Morgan fingerprint density at radius 3 is 2.55 bits per heavy atom. The van der Waals surface area contributed by atoms with Crippen LogP contribution >= 0.6 is 0 Å². The molecule has 234 valence electrons. The van der Waals surface area contributed by atoms with Gasteiger partial charge < -0.3 is 10.2 Å². The number of rotatable bonds is 13. The van der Waals surface area contributed by atoms with Crippen LogP contribution in [-0.4, -0.2) is 46.6 Å². The largest absolute Gasteiger partial charge is 0.422 e. The molecule has 0 amide bonds. The third kappa shape index (κ3) is 8.81. The van der Waals surface area contributed by atoms with E-state index in [-0.39, 0.29) is 17.7 Å². The average Bonchev–Trinajstić information content (AvgIpc) is 3.11. The van der Waals surface area contributed by atoms with Crippen molar-refractivity contribution in [1.29, 1.82) is 0 Å². The number of hydrogen-bond donors (Lipinski definition) is 2. The molecule has 1 aliphatic heterocycles. The quantitative estimate of drug-likeness (QED) is 0.182. The molecule has 0 spiro atoms. The maximum atomic E-state index is 13.6. The monoisotopic (exact) mass is 601 g/mol. The van der Waals surface area contributed by atoms with Crippen molar-refractivity contribution in [2.75, 3.05) is 19.6 Å². The maximum Gasteiger partial charge on any atom is 0.422 e. The average molecular weight is 602 g/mol. The molecule has 2 heterocycles. The van der Waals surface area contributed by atoms with E-state index in [1.54, 1.807) is 6.08 Å². The number of aromatic nitrogens is 2. The number of aliphatic imine (C=N–C) groups is 1. The van der Waals surface area contributed by atoms with Gasteiger partial charge in [-0.15, -0.1) is 0 Å². The van der Waals surface area contributed by atoms with E-state index in [1.807, 2.05) is 18.9 Å². The molecule has 0 bridgehead atoms. The Morgan fingerprint density at radius 2 is 1.88 bits per heavy atom. The number of unbranched alkanes of at least 4 members (excludes halogenated alkanes) is 2. The number of alkyl halides is 6. The molecule has 2 aliphatic rings. The number of hydrogen-bond acceptors (Lipinski definition) is 5. The Bertz CT molecular complexity index is 1240. The van der Waals surface area contributed by atoms with Crippen LogP contribution in [0, 0.1) is 5.41 Å². The van der Waals surface area contributed by atoms with Crippen molar-refractivity contribution in [1.82, 2.24) is 20.4 Å². The first-order valence-corrected chi connectivity index (χ1v) is 14.5. The van der Waals surface area contributed by atoms with Crippen molar-refractivity contribution in [2.24, 2.45) is 10.4 Å². The lowest BCUT2D eigenvalue weighted by Gasteiger charge is -2.30. The topological polar surface area (TPSA) is 73.4 Å². The van der Waals surface area contributed by atoms with Crippen LogP contribution in [0.2, 0.25) is 0 Å². The first kappa shape index (κ1) is 33.6. The molecule has 0 fully saturated rings. The molecule has 1 aromatic rings. The zero-order valence-electron chi connectivity index (χ0n) is 24.5. The lowest BCUT2D eigenvalue weighted by atomic mass is 9.85. The number of aromatic amines is 1. The minimum Gasteiger partial charge on any atom is -0.375 e. The van der Waals surface area contributed by atoms with Crippen LogP contribution in [0.3, 0.4) is 0 Å². The summed E-state index contributed by atoms with van der Waals surface area (Å²) in [7, 11) is 0. The van der Waals surface area contributed by atoms with Gasteiger partial charge >= 0.3 is 12.4 Å². The van der Waals surface area contributed by atoms with Gasteiger partial charge in [-0.3, -0.25) is 9.79 Å². The van der Waals surface area contributed by atoms with E-state index < -0.39 is 40.5 Å². The fraction of sp³-hybridized carbons (Fsp3) is 0.633. The van der Waals surface area contributed by atoms with E-state index in [2.05, 4.69) is 33.8 Å². The van der Waals surface area contributed by atoms with Crippen molar-refractivity contribution < 1.29 is 26.3 Å². The minimum atomic E-state index is -4.76. The van der Waals surface area contributed by atoms with Gasteiger partial charge in [0.1, 0.15) is 5.56 Å². The number of nitrogens with zero attached hydrogens (tertiary/aromatic N) is 3. The Labute approximate surface area is 243 Å². The summed E-state index contributed by atoms with van der Waals surface area (Å²) in [5.74, 6) is 0. The molecule has 1 aliphatic carbocycles. The Balaban J connectivity index is 1.50. The summed E-state index contributed by atoms with van der Waals surface area (Å²) in [4.78, 5) is 18.3. The van der Waals surface area contributed by atoms with E-state index in [1.165, 1.54) is 0 Å². The summed E-state index contributed by atoms with van der Waals surface area (Å²) in [6.45, 7) is 12.1. The summed E-state index contributed by atoms with van der Waals surface area (Å²) in [6, 6.07) is -0.452. The van der Waals surface area contributed by atoms with E-state index in [4.69, 9.17) is 0 Å². The van der Waals surface area contributed by atoms with Crippen LogP contribution in [-0.2, 0) is 12.6 Å². The number of nitrogens with one attached hydrogen (secondary N) is 2. The van der Waals surface area contributed by atoms with Crippen molar-refractivity contribution in [3.8, 4) is 0 Å². The van der Waals surface area contributed by atoms with E-state index in [9.17, 15) is 31.1 Å². The van der Waals surface area contributed by atoms with Crippen LogP contribution < -0.4 is 10.9 Å². The van der Waals surface area contributed by atoms with Crippen LogP contribution in [0.15, 0.2) is 46.0 Å². The van der Waals surface area contributed by atoms with Crippen LogP contribution in [0.4, 0.5) is 26.3 Å². The Morgan fingerprint density at radius 1 is 1.14 bits per heavy atom. The molecule has 1 aromatic heterocycles. The normalized spacial score (nSPS) is 20.6. The maximum absolute atomic E-state index is 13.6. The molecule has 2 N–H and O–H groups in total. The first-order chi connectivity index (χ1) is 19.6. The zero-order valence-corrected chi connectivity index (χ0v) is 24.5. The standard InChI is InChI=1S/C30H41F6N5O/c1-5-16-41(17-10-6-7-12-22-13-9-8-11-21(19-38-22)29(31,32)33)20(2)14-15-37-26-25-23(18-28(26,3)4)24(30(34,35)36)27(42)40-39-25/h8,11,19,26,37H,2,5-7,9-10,12-18H2,1,3-4H3,(H,40,42)/b11-8-,21-19+,38-22?. The van der Waals surface area contributed by atoms with Gasteiger partial charge in [0.2, 0.25) is 0 Å². The zero-order chi connectivity index (χ0) is 31.1. The number of allylic oxidation sites excluding steroid dienone is 3. The Hall–Kier alpha value is -2.89. The first-order valence-electron chi connectivity index (χ1n) is 14.5. The number of halogens is 6. The van der Waals surface area contributed by atoms with Gasteiger partial charge in [0, 0.05) is 37.2 Å². The van der Waals surface area contributed by atoms with Crippen molar-refractivity contribution in [3.05, 3.63) is 63.4 Å². The highest BCUT2D eigenvalue weighted by Gasteiger charge is 2.47. The fourth-order valence-electron chi connectivity index (χ4n) is 5.63. The highest BCUT2D eigenvalue weighted by Crippen LogP contribution is 2.47. The van der Waals surface area contributed by atoms with Gasteiger partial charge in [-0.05, 0) is 62.3 Å². The Kier molecular flexibility index (Phi) is 11.2. The van der Waals surface area contributed by atoms with Gasteiger partial charge in [0.25, 0.3) is 5.56 Å². The highest BCUT2D eigenvalue weighted by molar-refractivity contribution is 5.85. The summed E-state index contributed by atoms with van der Waals surface area (Å²) in [5.41, 5.74) is -1.79. The molecule has 12 heteroatoms. The smallest absolute Gasteiger partial charge is 0.375 e. The van der Waals surface area contributed by atoms with Gasteiger partial charge in [-0.2, -0.15) is 31.4 Å². The molecule has 1 atom stereocenters. The summed E-state index contributed by atoms with van der Waals surface area (Å²) in [5, 5.41) is 9.37. The fourth-order valence-corrected chi connectivity index (χ4v) is 5.63. The van der Waals surface area contributed by atoms with Crippen LogP contribution in [0.25, 0.3) is 0 Å². The lowest BCUT2D eigenvalue weighted by molar-refractivity contribution is -0.139. The predicted molar refractivity (Wildman–Crippen MR) is 152 cm³/mol. The lowest BCUT2D eigenvalue weighted by Crippen LogP contribution is -2.34. The van der Waals surface area contributed by atoms with Gasteiger partial charge in [-0.25, -0.2) is 5.10 Å². The molecule has 1 unspecified atom stereocenters. The van der Waals surface area contributed by atoms with E-state index in [0.717, 1.165) is 62.5 Å². The third-order valence-corrected chi connectivity index (χ3v) is 7.79. The molecule has 6 nitrogen and oxygen atoms in total. The third-order valence-electron chi connectivity index (χ3n) is 7.79. The molecule has 0 saturated carbocycles. The van der Waals surface area contributed by atoms with Gasteiger partial charge in [0.15, 0.2) is 0 Å². The predicted octanol–water partition coefficient (Wildman–Crippen LogP) is 7.42. The second kappa shape index (κ2) is 14.1. The molecule has 0 radical (unpaired) electrons. The molecule has 42 heavy (non-hydrogen) atoms. The second-order valence-electron chi connectivity index (χ2n) is 11.7. The second-order valence-corrected chi connectivity index (χ2v) is 11.7. The summed E-state index contributed by atoms with van der Waals surface area (Å²) < 4.78 is 79.8. The van der Waals surface area contributed by atoms with Crippen molar-refractivity contribution in [3.63, 3.8) is 0 Å². The van der Waals surface area contributed by atoms with E-state index >= 15 is 0 Å². The van der Waals surface area contributed by atoms with Gasteiger partial charge in [0.05, 0.1) is 17.3 Å². The molecular weight excluding hydrogens is 560 g/mol. The molecule has 3 rings (SSSR count). The molecule has 0 aromatic carbocycles. The number of H-pyrrole nitrogens is 1. The molecule has 0 saturated heterocycles. The summed E-state index contributed by atoms with van der Waals surface area (Å²) >= 11 is 0. The van der Waals surface area contributed by atoms with Crippen molar-refractivity contribution >= 4 is 5.71 Å². The SMILES string of the molecule is C=C(CCNC1c2n[nH]c(=O)c(C(F)(F)F)c2CC1(C)C)N(CCC)CCCCCC1=N/C=C(C(F)(F)F)\C=C/CC1.